The fourth-order valence-electron chi connectivity index (χ4n) is 2.58. The van der Waals surface area contributed by atoms with Gasteiger partial charge in [-0.2, -0.15) is 0 Å². The number of fused-ring (bicyclic) bond motifs is 1. The summed E-state index contributed by atoms with van der Waals surface area (Å²) in [4.78, 5) is 2.49. The largest absolute Gasteiger partial charge is 0.384 e. The average Bonchev–Trinajstić information content (AvgIpc) is 2.74. The van der Waals surface area contributed by atoms with Crippen LogP contribution in [-0.2, 0) is 6.54 Å². The second-order valence-corrected chi connectivity index (χ2v) is 4.64. The van der Waals surface area contributed by atoms with E-state index >= 15 is 0 Å². The van der Waals surface area contributed by atoms with Crippen molar-refractivity contribution in [3.63, 3.8) is 0 Å². The van der Waals surface area contributed by atoms with Gasteiger partial charge in [0.1, 0.15) is 0 Å². The van der Waals surface area contributed by atoms with Crippen LogP contribution in [0.15, 0.2) is 18.2 Å². The second kappa shape index (κ2) is 4.34. The molecule has 0 atom stereocenters. The first kappa shape index (κ1) is 9.97. The first-order chi connectivity index (χ1) is 7.93. The molecule has 0 aromatic heterocycles. The van der Waals surface area contributed by atoms with E-state index in [0.717, 1.165) is 19.6 Å². The van der Waals surface area contributed by atoms with Crippen LogP contribution >= 0.6 is 0 Å². The van der Waals surface area contributed by atoms with Gasteiger partial charge in [-0.3, -0.25) is 0 Å². The summed E-state index contributed by atoms with van der Waals surface area (Å²) in [5.74, 6) is 0. The average molecular weight is 217 g/mol. The van der Waals surface area contributed by atoms with E-state index < -0.39 is 0 Å². The molecule has 0 amide bonds. The molecule has 2 aliphatic heterocycles. The van der Waals surface area contributed by atoms with E-state index in [1.54, 1.807) is 0 Å². The number of anilines is 2. The highest BCUT2D eigenvalue weighted by Crippen LogP contribution is 2.26. The number of benzene rings is 1. The zero-order chi connectivity index (χ0) is 10.8. The Labute approximate surface area is 96.8 Å². The van der Waals surface area contributed by atoms with Crippen molar-refractivity contribution >= 4 is 11.4 Å². The molecule has 1 fully saturated rings. The summed E-state index contributed by atoms with van der Waals surface area (Å²) in [7, 11) is 0. The van der Waals surface area contributed by atoms with Crippen molar-refractivity contribution in [2.45, 2.75) is 19.4 Å². The number of rotatable bonds is 1. The van der Waals surface area contributed by atoms with E-state index in [9.17, 15) is 0 Å². The Balaban J connectivity index is 1.88. The summed E-state index contributed by atoms with van der Waals surface area (Å²) in [6.07, 6.45) is 2.68. The summed E-state index contributed by atoms with van der Waals surface area (Å²) in [6.45, 7) is 5.51. The summed E-state index contributed by atoms with van der Waals surface area (Å²) < 4.78 is 0. The first-order valence-electron chi connectivity index (χ1n) is 6.26. The fourth-order valence-corrected chi connectivity index (χ4v) is 2.58. The summed E-state index contributed by atoms with van der Waals surface area (Å²) in [6, 6.07) is 6.82. The molecular formula is C13H19N3. The highest BCUT2D eigenvalue weighted by Gasteiger charge is 2.14. The van der Waals surface area contributed by atoms with Crippen LogP contribution in [0, 0.1) is 0 Å². The molecule has 2 heterocycles. The Morgan fingerprint density at radius 3 is 2.81 bits per heavy atom. The van der Waals surface area contributed by atoms with Gasteiger partial charge in [0.15, 0.2) is 0 Å². The Morgan fingerprint density at radius 1 is 1.06 bits per heavy atom. The lowest BCUT2D eigenvalue weighted by Crippen LogP contribution is -2.18. The SMILES string of the molecule is c1cc2c(cc1N1CCCC1)CNCCN2. The van der Waals surface area contributed by atoms with Crippen LogP contribution in [0.4, 0.5) is 11.4 Å². The van der Waals surface area contributed by atoms with Gasteiger partial charge in [-0.05, 0) is 36.6 Å². The molecule has 0 aliphatic carbocycles. The molecule has 86 valence electrons. The van der Waals surface area contributed by atoms with E-state index in [1.165, 1.54) is 42.9 Å². The smallest absolute Gasteiger partial charge is 0.0387 e. The van der Waals surface area contributed by atoms with Gasteiger partial charge in [-0.15, -0.1) is 0 Å². The maximum atomic E-state index is 3.46. The minimum Gasteiger partial charge on any atom is -0.384 e. The van der Waals surface area contributed by atoms with Crippen molar-refractivity contribution in [3.05, 3.63) is 23.8 Å². The number of nitrogens with zero attached hydrogens (tertiary/aromatic N) is 1. The highest BCUT2D eigenvalue weighted by molar-refractivity contribution is 5.61. The topological polar surface area (TPSA) is 27.3 Å². The molecule has 1 aromatic carbocycles. The van der Waals surface area contributed by atoms with Gasteiger partial charge >= 0.3 is 0 Å². The van der Waals surface area contributed by atoms with Gasteiger partial charge in [0, 0.05) is 44.1 Å². The van der Waals surface area contributed by atoms with Crippen LogP contribution in [0.25, 0.3) is 0 Å². The molecule has 2 N–H and O–H groups in total. The fraction of sp³-hybridized carbons (Fsp3) is 0.538. The van der Waals surface area contributed by atoms with Crippen molar-refractivity contribution in [1.29, 1.82) is 0 Å². The minimum atomic E-state index is 0.990. The molecule has 1 saturated heterocycles. The van der Waals surface area contributed by atoms with Crippen LogP contribution in [0.5, 0.6) is 0 Å². The van der Waals surface area contributed by atoms with Crippen LogP contribution < -0.4 is 15.5 Å². The van der Waals surface area contributed by atoms with Gasteiger partial charge in [-0.1, -0.05) is 0 Å². The summed E-state index contributed by atoms with van der Waals surface area (Å²) in [5.41, 5.74) is 4.09. The number of hydrogen-bond acceptors (Lipinski definition) is 3. The molecule has 0 unspecified atom stereocenters. The molecule has 0 radical (unpaired) electrons. The molecule has 3 rings (SSSR count). The van der Waals surface area contributed by atoms with Crippen molar-refractivity contribution < 1.29 is 0 Å². The van der Waals surface area contributed by atoms with E-state index in [4.69, 9.17) is 0 Å². The molecule has 3 nitrogen and oxygen atoms in total. The predicted octanol–water partition coefficient (Wildman–Crippen LogP) is 1.80. The summed E-state index contributed by atoms with van der Waals surface area (Å²) >= 11 is 0. The first-order valence-corrected chi connectivity index (χ1v) is 6.26. The monoisotopic (exact) mass is 217 g/mol. The van der Waals surface area contributed by atoms with E-state index in [1.807, 2.05) is 0 Å². The van der Waals surface area contributed by atoms with Crippen molar-refractivity contribution in [2.24, 2.45) is 0 Å². The van der Waals surface area contributed by atoms with E-state index in [2.05, 4.69) is 33.7 Å². The Hall–Kier alpha value is -1.22. The standard InChI is InChI=1S/C13H19N3/c1-2-8-16(7-1)12-3-4-13-11(9-12)10-14-5-6-15-13/h3-4,9,14-15H,1-2,5-8,10H2. The van der Waals surface area contributed by atoms with Gasteiger partial charge < -0.3 is 15.5 Å². The third-order valence-electron chi connectivity index (χ3n) is 3.49. The minimum absolute atomic E-state index is 0.990. The van der Waals surface area contributed by atoms with Gasteiger partial charge in [0.2, 0.25) is 0 Å². The Morgan fingerprint density at radius 2 is 1.94 bits per heavy atom. The third-order valence-corrected chi connectivity index (χ3v) is 3.49. The summed E-state index contributed by atoms with van der Waals surface area (Å²) in [5, 5.41) is 6.90. The molecule has 1 aromatic rings. The van der Waals surface area contributed by atoms with Crippen LogP contribution in [0.2, 0.25) is 0 Å². The maximum absolute atomic E-state index is 3.46. The molecule has 2 aliphatic rings. The lowest BCUT2D eigenvalue weighted by molar-refractivity contribution is 0.725. The molecule has 0 spiro atoms. The normalized spacial score (nSPS) is 20.1. The van der Waals surface area contributed by atoms with Crippen LogP contribution in [0.1, 0.15) is 18.4 Å². The van der Waals surface area contributed by atoms with E-state index in [0.29, 0.717) is 0 Å². The predicted molar refractivity (Wildman–Crippen MR) is 68.1 cm³/mol. The Kier molecular flexibility index (Phi) is 2.70. The molecular weight excluding hydrogens is 198 g/mol. The van der Waals surface area contributed by atoms with E-state index in [-0.39, 0.29) is 0 Å². The third kappa shape index (κ3) is 1.87. The lowest BCUT2D eigenvalue weighted by atomic mass is 10.1. The van der Waals surface area contributed by atoms with Crippen molar-refractivity contribution in [3.8, 4) is 0 Å². The highest BCUT2D eigenvalue weighted by atomic mass is 15.1. The molecule has 16 heavy (non-hydrogen) atoms. The van der Waals surface area contributed by atoms with Crippen molar-refractivity contribution in [2.75, 3.05) is 36.4 Å². The van der Waals surface area contributed by atoms with Gasteiger partial charge in [0.25, 0.3) is 0 Å². The number of hydrogen-bond donors (Lipinski definition) is 2. The molecule has 3 heteroatoms. The zero-order valence-electron chi connectivity index (χ0n) is 9.63. The number of nitrogens with one attached hydrogen (secondary N) is 2. The lowest BCUT2D eigenvalue weighted by Gasteiger charge is -2.19. The zero-order valence-corrected chi connectivity index (χ0v) is 9.63. The van der Waals surface area contributed by atoms with Gasteiger partial charge in [0.05, 0.1) is 0 Å². The quantitative estimate of drug-likeness (QED) is 0.751. The maximum Gasteiger partial charge on any atom is 0.0387 e. The second-order valence-electron chi connectivity index (χ2n) is 4.64. The van der Waals surface area contributed by atoms with Crippen molar-refractivity contribution in [1.82, 2.24) is 5.32 Å². The molecule has 0 saturated carbocycles. The Bertz CT molecular complexity index is 369. The van der Waals surface area contributed by atoms with Crippen LogP contribution in [-0.4, -0.2) is 26.2 Å². The van der Waals surface area contributed by atoms with Gasteiger partial charge in [-0.25, -0.2) is 0 Å². The van der Waals surface area contributed by atoms with Crippen LogP contribution in [0.3, 0.4) is 0 Å². The molecule has 0 bridgehead atoms.